The highest BCUT2D eigenvalue weighted by Crippen LogP contribution is 2.34. The Bertz CT molecular complexity index is 616. The van der Waals surface area contributed by atoms with Crippen molar-refractivity contribution in [3.8, 4) is 0 Å². The Morgan fingerprint density at radius 3 is 2.68 bits per heavy atom. The first kappa shape index (κ1) is 18.7. The molecule has 0 spiro atoms. The second-order valence-corrected chi connectivity index (χ2v) is 5.55. The first-order valence-corrected chi connectivity index (χ1v) is 7.23. The minimum absolute atomic E-state index is 0. The van der Waals surface area contributed by atoms with E-state index < -0.39 is 44.7 Å². The third kappa shape index (κ3) is 4.11. The maximum absolute atomic E-state index is 11.6. The molecule has 2 rings (SSSR count). The molecule has 0 saturated carbocycles. The van der Waals surface area contributed by atoms with E-state index in [1.807, 2.05) is 0 Å². The molecule has 126 valence electrons. The Kier molecular flexibility index (Phi) is 5.82. The van der Waals surface area contributed by atoms with E-state index in [0.717, 1.165) is 4.57 Å². The van der Waals surface area contributed by atoms with Gasteiger partial charge in [0.05, 0.1) is 6.61 Å². The average molecular weight is 338 g/mol. The van der Waals surface area contributed by atoms with Crippen LogP contribution in [0.15, 0.2) is 17.1 Å². The normalized spacial score (nSPS) is 30.5. The molecule has 1 saturated heterocycles. The van der Waals surface area contributed by atoms with E-state index in [1.165, 1.54) is 12.3 Å². The molecule has 1 aliphatic rings. The summed E-state index contributed by atoms with van der Waals surface area (Å²) in [6.07, 6.45) is -4.39. The van der Waals surface area contributed by atoms with Gasteiger partial charge >= 0.3 is 5.69 Å². The van der Waals surface area contributed by atoms with Crippen LogP contribution in [0.4, 0.5) is 5.82 Å². The number of nitrogen functional groups attached to an aromatic ring is 1. The van der Waals surface area contributed by atoms with Crippen LogP contribution in [-0.2, 0) is 13.8 Å². The minimum atomic E-state index is -4.99. The number of anilines is 1. The van der Waals surface area contributed by atoms with Crippen molar-refractivity contribution in [1.82, 2.24) is 9.55 Å². The number of phosphoric acid groups is 1. The van der Waals surface area contributed by atoms with Crippen molar-refractivity contribution in [2.75, 3.05) is 12.3 Å². The van der Waals surface area contributed by atoms with Crippen LogP contribution < -0.4 is 16.3 Å². The van der Waals surface area contributed by atoms with Gasteiger partial charge in [0.1, 0.15) is 24.1 Å². The second kappa shape index (κ2) is 6.84. The number of ether oxygens (including phenoxy) is 1. The van der Waals surface area contributed by atoms with Gasteiger partial charge in [-0.15, -0.1) is 0 Å². The van der Waals surface area contributed by atoms with E-state index in [-0.39, 0.29) is 13.2 Å². The van der Waals surface area contributed by atoms with Crippen LogP contribution in [0.25, 0.3) is 0 Å². The van der Waals surface area contributed by atoms with Gasteiger partial charge < -0.3 is 35.0 Å². The number of aromatic nitrogens is 2. The Morgan fingerprint density at radius 2 is 2.14 bits per heavy atom. The topological polar surface area (TPSA) is 180 Å². The summed E-state index contributed by atoms with van der Waals surface area (Å²) in [5.41, 5.74) is 4.50. The van der Waals surface area contributed by atoms with Crippen LogP contribution in [-0.4, -0.2) is 49.6 Å². The fraction of sp³-hybridized carbons (Fsp3) is 0.600. The van der Waals surface area contributed by atoms with Gasteiger partial charge in [0.25, 0.3) is 7.82 Å². The predicted octanol–water partition coefficient (Wildman–Crippen LogP) is -2.44. The Balaban J connectivity index is 0.00000242. The average Bonchev–Trinajstić information content (AvgIpc) is 2.64. The summed E-state index contributed by atoms with van der Waals surface area (Å²) in [6, 6.07) is 1.28. The van der Waals surface area contributed by atoms with Crippen molar-refractivity contribution in [1.29, 1.82) is 0 Å². The predicted molar refractivity (Wildman–Crippen MR) is 71.3 cm³/mol. The summed E-state index contributed by atoms with van der Waals surface area (Å²) in [5.74, 6) is -0.0308. The van der Waals surface area contributed by atoms with Crippen molar-refractivity contribution >= 4 is 13.6 Å². The number of hydrogen-bond donors (Lipinski definition) is 4. The third-order valence-corrected chi connectivity index (χ3v) is 3.34. The molecule has 2 heterocycles. The third-order valence-electron chi connectivity index (χ3n) is 2.86. The molecule has 5 unspecified atom stereocenters. The Hall–Kier alpha value is -1.33. The molecule has 1 aliphatic heterocycles. The van der Waals surface area contributed by atoms with Crippen molar-refractivity contribution < 1.29 is 33.8 Å². The standard InChI is InChI=1S/C9H14N3O8P.CH4/c10-5-1-2-12(9(15)11-5)8-7(14)6(13)4(20-8)3-19-21(16,17)18;/h1-2,4,6-8,13-14H,3H2,(H2,10,11,15)(H2,16,17,18);1H4/p-1. The van der Waals surface area contributed by atoms with Gasteiger partial charge in [-0.2, -0.15) is 4.98 Å². The SMILES string of the molecule is C.Nc1ccn(C2OC(COP(=O)([O-])O)C(O)C2O)c(=O)n1. The maximum atomic E-state index is 11.6. The zero-order chi connectivity index (χ0) is 15.8. The van der Waals surface area contributed by atoms with E-state index >= 15 is 0 Å². The first-order chi connectivity index (χ1) is 9.69. The van der Waals surface area contributed by atoms with E-state index in [1.54, 1.807) is 0 Å². The molecular formula is C10H17N3O8P-. The van der Waals surface area contributed by atoms with Crippen LogP contribution in [0.2, 0.25) is 0 Å². The van der Waals surface area contributed by atoms with Crippen LogP contribution in [0.1, 0.15) is 13.7 Å². The summed E-state index contributed by atoms with van der Waals surface area (Å²) >= 11 is 0. The molecule has 0 aliphatic carbocycles. The molecule has 11 nitrogen and oxygen atoms in total. The minimum Gasteiger partial charge on any atom is -0.756 e. The first-order valence-electron chi connectivity index (χ1n) is 5.73. The fourth-order valence-electron chi connectivity index (χ4n) is 1.88. The van der Waals surface area contributed by atoms with E-state index in [0.29, 0.717) is 0 Å². The van der Waals surface area contributed by atoms with Gasteiger partial charge in [-0.1, -0.05) is 7.43 Å². The number of nitrogens with zero attached hydrogens (tertiary/aromatic N) is 2. The molecule has 1 aromatic heterocycles. The van der Waals surface area contributed by atoms with Crippen molar-refractivity contribution in [2.24, 2.45) is 0 Å². The van der Waals surface area contributed by atoms with Crippen LogP contribution >= 0.6 is 7.82 Å². The molecule has 5 atom stereocenters. The number of aliphatic hydroxyl groups is 2. The van der Waals surface area contributed by atoms with Gasteiger partial charge in [-0.3, -0.25) is 9.13 Å². The fourth-order valence-corrected chi connectivity index (χ4v) is 2.22. The lowest BCUT2D eigenvalue weighted by Gasteiger charge is -2.20. The maximum Gasteiger partial charge on any atom is 0.351 e. The molecule has 1 aromatic rings. The number of hydrogen-bond acceptors (Lipinski definition) is 9. The molecule has 12 heteroatoms. The quantitative estimate of drug-likeness (QED) is 0.430. The number of aliphatic hydroxyl groups excluding tert-OH is 2. The molecular weight excluding hydrogens is 321 g/mol. The molecule has 0 radical (unpaired) electrons. The summed E-state index contributed by atoms with van der Waals surface area (Å²) in [6.45, 7) is -0.719. The molecule has 0 bridgehead atoms. The lowest BCUT2D eigenvalue weighted by Crippen LogP contribution is -2.36. The Labute approximate surface area is 125 Å². The molecule has 5 N–H and O–H groups in total. The summed E-state index contributed by atoms with van der Waals surface area (Å²) < 4.78 is 20.7. The number of phosphoric ester groups is 1. The van der Waals surface area contributed by atoms with Crippen molar-refractivity contribution in [3.63, 3.8) is 0 Å². The molecule has 1 fully saturated rings. The summed E-state index contributed by atoms with van der Waals surface area (Å²) in [7, 11) is -4.99. The molecule has 0 aromatic carbocycles. The molecule has 22 heavy (non-hydrogen) atoms. The number of rotatable bonds is 4. The van der Waals surface area contributed by atoms with Crippen LogP contribution in [0.3, 0.4) is 0 Å². The van der Waals surface area contributed by atoms with E-state index in [9.17, 15) is 24.5 Å². The van der Waals surface area contributed by atoms with Crippen molar-refractivity contribution in [2.45, 2.75) is 32.0 Å². The lowest BCUT2D eigenvalue weighted by atomic mass is 10.1. The van der Waals surface area contributed by atoms with E-state index in [2.05, 4.69) is 9.51 Å². The highest BCUT2D eigenvalue weighted by Gasteiger charge is 2.44. The highest BCUT2D eigenvalue weighted by molar-refractivity contribution is 7.44. The lowest BCUT2D eigenvalue weighted by molar-refractivity contribution is -0.222. The zero-order valence-corrected chi connectivity index (χ0v) is 11.4. The van der Waals surface area contributed by atoms with Crippen molar-refractivity contribution in [3.05, 3.63) is 22.7 Å². The monoisotopic (exact) mass is 338 g/mol. The second-order valence-electron chi connectivity index (χ2n) is 4.35. The molecule has 0 amide bonds. The zero-order valence-electron chi connectivity index (χ0n) is 10.5. The van der Waals surface area contributed by atoms with Gasteiger partial charge in [0.15, 0.2) is 6.23 Å². The van der Waals surface area contributed by atoms with Gasteiger partial charge in [-0.05, 0) is 6.07 Å². The van der Waals surface area contributed by atoms with Crippen LogP contribution in [0.5, 0.6) is 0 Å². The summed E-state index contributed by atoms with van der Waals surface area (Å²) in [4.78, 5) is 34.1. The summed E-state index contributed by atoms with van der Waals surface area (Å²) in [5, 5.41) is 19.6. The number of nitrogens with two attached hydrogens (primary N) is 1. The van der Waals surface area contributed by atoms with Gasteiger partial charge in [0.2, 0.25) is 0 Å². The highest BCUT2D eigenvalue weighted by atomic mass is 31.2. The van der Waals surface area contributed by atoms with Crippen LogP contribution in [0, 0.1) is 0 Å². The van der Waals surface area contributed by atoms with E-state index in [4.69, 9.17) is 15.4 Å². The Morgan fingerprint density at radius 1 is 1.50 bits per heavy atom. The van der Waals surface area contributed by atoms with Gasteiger partial charge in [-0.25, -0.2) is 4.79 Å². The largest absolute Gasteiger partial charge is 0.756 e. The van der Waals surface area contributed by atoms with Gasteiger partial charge in [0, 0.05) is 6.20 Å². The smallest absolute Gasteiger partial charge is 0.351 e.